The van der Waals surface area contributed by atoms with Crippen LogP contribution in [0.1, 0.15) is 16.8 Å². The fourth-order valence-electron chi connectivity index (χ4n) is 3.59. The lowest BCUT2D eigenvalue weighted by Crippen LogP contribution is -2.39. The standard InChI is InChI=1S/C24H26FN3O3S/c1-30-21-9-5-18(6-10-21)22-17-32-24(26-22)28(12-2-11-27-13-15-31-16-14-27)23(29)19-3-7-20(25)8-4-19/h3-10,17H,2,11-16H2,1H3. The smallest absolute Gasteiger partial charge is 0.260 e. The van der Waals surface area contributed by atoms with Crippen LogP contribution in [-0.4, -0.2) is 62.3 Å². The molecule has 0 spiro atoms. The first kappa shape index (κ1) is 22.4. The Balaban J connectivity index is 1.52. The van der Waals surface area contributed by atoms with Gasteiger partial charge in [0, 0.05) is 42.7 Å². The number of ether oxygens (including phenoxy) is 2. The summed E-state index contributed by atoms with van der Waals surface area (Å²) in [5, 5.41) is 2.58. The average molecular weight is 456 g/mol. The van der Waals surface area contributed by atoms with Crippen molar-refractivity contribution in [2.45, 2.75) is 6.42 Å². The Labute approximate surface area is 191 Å². The molecule has 1 saturated heterocycles. The van der Waals surface area contributed by atoms with Gasteiger partial charge in [-0.25, -0.2) is 9.37 Å². The first-order valence-corrected chi connectivity index (χ1v) is 11.5. The van der Waals surface area contributed by atoms with Crippen LogP contribution in [-0.2, 0) is 4.74 Å². The lowest BCUT2D eigenvalue weighted by molar-refractivity contribution is 0.0376. The first-order chi connectivity index (χ1) is 15.6. The van der Waals surface area contributed by atoms with Crippen LogP contribution in [0.15, 0.2) is 53.9 Å². The zero-order valence-electron chi connectivity index (χ0n) is 18.0. The Morgan fingerprint density at radius 2 is 1.88 bits per heavy atom. The van der Waals surface area contributed by atoms with Crippen molar-refractivity contribution in [3.63, 3.8) is 0 Å². The minimum Gasteiger partial charge on any atom is -0.497 e. The van der Waals surface area contributed by atoms with Gasteiger partial charge in [-0.1, -0.05) is 0 Å². The molecule has 0 radical (unpaired) electrons. The number of anilines is 1. The number of methoxy groups -OCH3 is 1. The number of halogens is 1. The van der Waals surface area contributed by atoms with Crippen LogP contribution in [0, 0.1) is 5.82 Å². The number of rotatable bonds is 8. The minimum atomic E-state index is -0.364. The molecule has 0 saturated carbocycles. The molecular formula is C24H26FN3O3S. The third kappa shape index (κ3) is 5.51. The third-order valence-electron chi connectivity index (χ3n) is 5.40. The summed E-state index contributed by atoms with van der Waals surface area (Å²) in [5.74, 6) is 0.236. The molecule has 32 heavy (non-hydrogen) atoms. The quantitative estimate of drug-likeness (QED) is 0.506. The Hall–Kier alpha value is -2.81. The normalized spacial score (nSPS) is 14.3. The van der Waals surface area contributed by atoms with Crippen molar-refractivity contribution in [3.8, 4) is 17.0 Å². The summed E-state index contributed by atoms with van der Waals surface area (Å²) in [6.45, 7) is 4.72. The molecule has 1 aromatic heterocycles. The van der Waals surface area contributed by atoms with Gasteiger partial charge in [0.1, 0.15) is 11.6 Å². The van der Waals surface area contributed by atoms with Crippen LogP contribution in [0.5, 0.6) is 5.75 Å². The fourth-order valence-corrected chi connectivity index (χ4v) is 4.45. The number of amides is 1. The lowest BCUT2D eigenvalue weighted by atomic mass is 10.2. The zero-order chi connectivity index (χ0) is 22.3. The molecule has 6 nitrogen and oxygen atoms in total. The van der Waals surface area contributed by atoms with E-state index in [9.17, 15) is 9.18 Å². The summed E-state index contributed by atoms with van der Waals surface area (Å²) < 4.78 is 24.0. The summed E-state index contributed by atoms with van der Waals surface area (Å²) >= 11 is 1.43. The molecule has 0 N–H and O–H groups in total. The molecule has 0 unspecified atom stereocenters. The van der Waals surface area contributed by atoms with Gasteiger partial charge in [0.05, 0.1) is 26.0 Å². The SMILES string of the molecule is COc1ccc(-c2csc(N(CCCN3CCOCC3)C(=O)c3ccc(F)cc3)n2)cc1. The molecule has 168 valence electrons. The van der Waals surface area contributed by atoms with Gasteiger partial charge in [-0.15, -0.1) is 11.3 Å². The first-order valence-electron chi connectivity index (χ1n) is 10.6. The number of carbonyl (C=O) groups excluding carboxylic acids is 1. The second-order valence-electron chi connectivity index (χ2n) is 7.52. The van der Waals surface area contributed by atoms with Gasteiger partial charge < -0.3 is 9.47 Å². The molecule has 1 fully saturated rings. The number of hydrogen-bond acceptors (Lipinski definition) is 6. The molecule has 2 heterocycles. The Morgan fingerprint density at radius 3 is 2.56 bits per heavy atom. The highest BCUT2D eigenvalue weighted by Crippen LogP contribution is 2.29. The highest BCUT2D eigenvalue weighted by molar-refractivity contribution is 7.14. The molecule has 1 aliphatic rings. The molecule has 1 amide bonds. The van der Waals surface area contributed by atoms with Crippen molar-refractivity contribution in [2.24, 2.45) is 0 Å². The van der Waals surface area contributed by atoms with Crippen molar-refractivity contribution in [1.29, 1.82) is 0 Å². The van der Waals surface area contributed by atoms with E-state index in [1.54, 1.807) is 12.0 Å². The Bertz CT molecular complexity index is 1020. The highest BCUT2D eigenvalue weighted by atomic mass is 32.1. The summed E-state index contributed by atoms with van der Waals surface area (Å²) in [5.41, 5.74) is 2.20. The maximum absolute atomic E-state index is 13.4. The van der Waals surface area contributed by atoms with E-state index < -0.39 is 0 Å². The van der Waals surface area contributed by atoms with E-state index in [1.807, 2.05) is 29.6 Å². The number of morpholine rings is 1. The molecule has 1 aliphatic heterocycles. The fraction of sp³-hybridized carbons (Fsp3) is 0.333. The molecule has 0 bridgehead atoms. The molecule has 8 heteroatoms. The predicted molar refractivity (Wildman–Crippen MR) is 124 cm³/mol. The lowest BCUT2D eigenvalue weighted by Gasteiger charge is -2.27. The van der Waals surface area contributed by atoms with Gasteiger partial charge in [0.25, 0.3) is 5.91 Å². The van der Waals surface area contributed by atoms with Crippen molar-refractivity contribution in [1.82, 2.24) is 9.88 Å². The summed E-state index contributed by atoms with van der Waals surface area (Å²) in [6, 6.07) is 13.3. The van der Waals surface area contributed by atoms with E-state index in [-0.39, 0.29) is 11.7 Å². The van der Waals surface area contributed by atoms with E-state index in [0.717, 1.165) is 56.3 Å². The Morgan fingerprint density at radius 1 is 1.16 bits per heavy atom. The van der Waals surface area contributed by atoms with Crippen LogP contribution < -0.4 is 9.64 Å². The van der Waals surface area contributed by atoms with Crippen LogP contribution in [0.25, 0.3) is 11.3 Å². The number of thiazole rings is 1. The van der Waals surface area contributed by atoms with Crippen molar-refractivity contribution in [2.75, 3.05) is 51.4 Å². The summed E-state index contributed by atoms with van der Waals surface area (Å²) in [7, 11) is 1.63. The van der Waals surface area contributed by atoms with E-state index in [1.165, 1.54) is 35.6 Å². The second kappa shape index (κ2) is 10.7. The van der Waals surface area contributed by atoms with Gasteiger partial charge in [0.15, 0.2) is 5.13 Å². The third-order valence-corrected chi connectivity index (χ3v) is 6.27. The molecule has 3 aromatic rings. The highest BCUT2D eigenvalue weighted by Gasteiger charge is 2.22. The Kier molecular flexibility index (Phi) is 7.47. The largest absolute Gasteiger partial charge is 0.497 e. The number of carbonyl (C=O) groups is 1. The average Bonchev–Trinajstić information content (AvgIpc) is 3.32. The van der Waals surface area contributed by atoms with Crippen LogP contribution in [0.2, 0.25) is 0 Å². The number of benzene rings is 2. The number of nitrogens with zero attached hydrogens (tertiary/aromatic N) is 3. The van der Waals surface area contributed by atoms with Gasteiger partial charge in [0.2, 0.25) is 0 Å². The van der Waals surface area contributed by atoms with Crippen molar-refractivity contribution in [3.05, 3.63) is 65.3 Å². The topological polar surface area (TPSA) is 54.9 Å². The maximum Gasteiger partial charge on any atom is 0.260 e. The van der Waals surface area contributed by atoms with Crippen LogP contribution >= 0.6 is 11.3 Å². The van der Waals surface area contributed by atoms with E-state index >= 15 is 0 Å². The minimum absolute atomic E-state index is 0.178. The van der Waals surface area contributed by atoms with E-state index in [0.29, 0.717) is 17.2 Å². The molecule has 4 rings (SSSR count). The van der Waals surface area contributed by atoms with Gasteiger partial charge in [-0.3, -0.25) is 14.6 Å². The molecule has 2 aromatic carbocycles. The zero-order valence-corrected chi connectivity index (χ0v) is 18.8. The maximum atomic E-state index is 13.4. The number of aromatic nitrogens is 1. The number of hydrogen-bond donors (Lipinski definition) is 0. The van der Waals surface area contributed by atoms with E-state index in [4.69, 9.17) is 14.5 Å². The molecule has 0 aliphatic carbocycles. The van der Waals surface area contributed by atoms with Crippen LogP contribution in [0.3, 0.4) is 0 Å². The van der Waals surface area contributed by atoms with Crippen molar-refractivity contribution >= 4 is 22.4 Å². The molecule has 0 atom stereocenters. The van der Waals surface area contributed by atoms with E-state index in [2.05, 4.69) is 4.90 Å². The monoisotopic (exact) mass is 455 g/mol. The predicted octanol–water partition coefficient (Wildman–Crippen LogP) is 4.33. The van der Waals surface area contributed by atoms with Crippen LogP contribution in [0.4, 0.5) is 9.52 Å². The van der Waals surface area contributed by atoms with Gasteiger partial charge >= 0.3 is 0 Å². The molecular weight excluding hydrogens is 429 g/mol. The van der Waals surface area contributed by atoms with Gasteiger partial charge in [-0.2, -0.15) is 0 Å². The van der Waals surface area contributed by atoms with Crippen molar-refractivity contribution < 1.29 is 18.7 Å². The van der Waals surface area contributed by atoms with Gasteiger partial charge in [-0.05, 0) is 55.0 Å². The summed E-state index contributed by atoms with van der Waals surface area (Å²) in [4.78, 5) is 22.1. The second-order valence-corrected chi connectivity index (χ2v) is 8.35. The summed E-state index contributed by atoms with van der Waals surface area (Å²) in [6.07, 6.45) is 0.810.